The van der Waals surface area contributed by atoms with Crippen molar-refractivity contribution in [2.45, 2.75) is 45.3 Å². The quantitative estimate of drug-likeness (QED) is 0.829. The summed E-state index contributed by atoms with van der Waals surface area (Å²) in [5.74, 6) is 0.270. The SMILES string of the molecule is C[C@@H]1CCNC[C@@H]1Oc1ccc2c(c1)CN(N1C(=O)CCCC1=O)C2=O. The summed E-state index contributed by atoms with van der Waals surface area (Å²) in [7, 11) is 0. The molecule has 4 rings (SSSR count). The third-order valence-corrected chi connectivity index (χ3v) is 5.40. The molecule has 1 aromatic rings. The van der Waals surface area contributed by atoms with E-state index in [1.165, 1.54) is 5.01 Å². The maximum atomic E-state index is 12.7. The number of amides is 3. The Morgan fingerprint density at radius 1 is 1.15 bits per heavy atom. The Hall–Kier alpha value is -2.41. The summed E-state index contributed by atoms with van der Waals surface area (Å²) in [6, 6.07) is 5.38. The Morgan fingerprint density at radius 2 is 1.92 bits per heavy atom. The lowest BCUT2D eigenvalue weighted by atomic mass is 9.97. The van der Waals surface area contributed by atoms with Gasteiger partial charge in [-0.15, -0.1) is 0 Å². The van der Waals surface area contributed by atoms with Crippen LogP contribution in [0.1, 0.15) is 48.5 Å². The van der Waals surface area contributed by atoms with E-state index in [9.17, 15) is 14.4 Å². The highest BCUT2D eigenvalue weighted by Crippen LogP contribution is 2.31. The Balaban J connectivity index is 1.53. The second-order valence-electron chi connectivity index (χ2n) is 7.26. The van der Waals surface area contributed by atoms with Crippen LogP contribution in [0.4, 0.5) is 0 Å². The summed E-state index contributed by atoms with van der Waals surface area (Å²) in [5.41, 5.74) is 1.31. The number of imide groups is 1. The molecule has 2 fully saturated rings. The Labute approximate surface area is 152 Å². The number of fused-ring (bicyclic) bond motifs is 1. The van der Waals surface area contributed by atoms with Crippen LogP contribution in [0.15, 0.2) is 18.2 Å². The third kappa shape index (κ3) is 2.96. The lowest BCUT2D eigenvalue weighted by Gasteiger charge is -2.32. The first-order valence-corrected chi connectivity index (χ1v) is 9.22. The molecule has 0 bridgehead atoms. The van der Waals surface area contributed by atoms with Gasteiger partial charge < -0.3 is 10.1 Å². The molecule has 3 amide bonds. The van der Waals surface area contributed by atoms with Gasteiger partial charge in [-0.3, -0.25) is 14.4 Å². The molecule has 2 atom stereocenters. The van der Waals surface area contributed by atoms with Gasteiger partial charge in [-0.25, -0.2) is 5.01 Å². The minimum absolute atomic E-state index is 0.0975. The topological polar surface area (TPSA) is 79.0 Å². The van der Waals surface area contributed by atoms with Gasteiger partial charge in [0.15, 0.2) is 0 Å². The van der Waals surface area contributed by atoms with E-state index in [1.54, 1.807) is 12.1 Å². The van der Waals surface area contributed by atoms with E-state index in [0.717, 1.165) is 35.8 Å². The van der Waals surface area contributed by atoms with E-state index in [1.807, 2.05) is 6.07 Å². The van der Waals surface area contributed by atoms with Gasteiger partial charge in [-0.2, -0.15) is 5.01 Å². The van der Waals surface area contributed by atoms with Crippen LogP contribution in [-0.4, -0.2) is 46.9 Å². The number of hydrazine groups is 1. The highest BCUT2D eigenvalue weighted by molar-refractivity contribution is 6.04. The Morgan fingerprint density at radius 3 is 2.65 bits per heavy atom. The lowest BCUT2D eigenvalue weighted by Crippen LogP contribution is -2.51. The van der Waals surface area contributed by atoms with Gasteiger partial charge in [0, 0.05) is 24.9 Å². The molecule has 0 radical (unpaired) electrons. The van der Waals surface area contributed by atoms with Crippen molar-refractivity contribution in [2.75, 3.05) is 13.1 Å². The summed E-state index contributed by atoms with van der Waals surface area (Å²) in [5, 5.41) is 5.63. The smallest absolute Gasteiger partial charge is 0.273 e. The van der Waals surface area contributed by atoms with E-state index in [0.29, 0.717) is 30.7 Å². The summed E-state index contributed by atoms with van der Waals surface area (Å²) in [6.07, 6.45) is 2.32. The number of nitrogens with zero attached hydrogens (tertiary/aromatic N) is 2. The van der Waals surface area contributed by atoms with Crippen LogP contribution >= 0.6 is 0 Å². The maximum absolute atomic E-state index is 12.7. The molecule has 3 aliphatic heterocycles. The number of ether oxygens (including phenoxy) is 1. The van der Waals surface area contributed by atoms with Crippen molar-refractivity contribution in [3.05, 3.63) is 29.3 Å². The zero-order chi connectivity index (χ0) is 18.3. The minimum Gasteiger partial charge on any atom is -0.489 e. The summed E-state index contributed by atoms with van der Waals surface area (Å²) in [6.45, 7) is 4.21. The van der Waals surface area contributed by atoms with Crippen molar-refractivity contribution in [3.63, 3.8) is 0 Å². The fourth-order valence-electron chi connectivity index (χ4n) is 3.82. The molecule has 0 aliphatic carbocycles. The van der Waals surface area contributed by atoms with Gasteiger partial charge in [0.25, 0.3) is 5.91 Å². The number of carbonyl (C=O) groups is 3. The van der Waals surface area contributed by atoms with Gasteiger partial charge in [0.1, 0.15) is 11.9 Å². The van der Waals surface area contributed by atoms with E-state index in [4.69, 9.17) is 4.74 Å². The van der Waals surface area contributed by atoms with Gasteiger partial charge in [0.05, 0.1) is 6.54 Å². The van der Waals surface area contributed by atoms with E-state index in [2.05, 4.69) is 12.2 Å². The number of nitrogens with one attached hydrogen (secondary N) is 1. The molecule has 1 aromatic carbocycles. The first-order valence-electron chi connectivity index (χ1n) is 9.22. The highest BCUT2D eigenvalue weighted by Gasteiger charge is 2.39. The van der Waals surface area contributed by atoms with Gasteiger partial charge in [-0.05, 0) is 49.1 Å². The zero-order valence-corrected chi connectivity index (χ0v) is 14.9. The fraction of sp³-hybridized carbons (Fsp3) is 0.526. The number of piperidine rings is 2. The van der Waals surface area contributed by atoms with Crippen LogP contribution in [0, 0.1) is 5.92 Å². The predicted octanol–water partition coefficient (Wildman–Crippen LogP) is 1.47. The van der Waals surface area contributed by atoms with Crippen LogP contribution in [0.25, 0.3) is 0 Å². The molecule has 0 unspecified atom stereocenters. The van der Waals surface area contributed by atoms with E-state index in [-0.39, 0.29) is 30.4 Å². The molecular weight excluding hydrogens is 334 g/mol. The highest BCUT2D eigenvalue weighted by atomic mass is 16.5. The molecule has 3 aliphatic rings. The number of carbonyl (C=O) groups excluding carboxylic acids is 3. The number of benzene rings is 1. The van der Waals surface area contributed by atoms with Gasteiger partial charge in [-0.1, -0.05) is 6.92 Å². The molecule has 26 heavy (non-hydrogen) atoms. The molecule has 3 heterocycles. The normalized spacial score (nSPS) is 26.3. The van der Waals surface area contributed by atoms with Crippen molar-refractivity contribution in [1.29, 1.82) is 0 Å². The first-order chi connectivity index (χ1) is 12.5. The van der Waals surface area contributed by atoms with Crippen molar-refractivity contribution in [2.24, 2.45) is 5.92 Å². The molecule has 2 saturated heterocycles. The van der Waals surface area contributed by atoms with Gasteiger partial charge >= 0.3 is 0 Å². The molecule has 7 heteroatoms. The first kappa shape index (κ1) is 17.0. The average Bonchev–Trinajstić information content (AvgIpc) is 2.93. The van der Waals surface area contributed by atoms with Crippen molar-refractivity contribution < 1.29 is 19.1 Å². The second kappa shape index (κ2) is 6.72. The molecular formula is C19H23N3O4. The standard InChI is InChI=1S/C19H23N3O4/c1-12-7-8-20-10-16(12)26-14-5-6-15-13(9-14)11-21(19(15)25)22-17(23)3-2-4-18(22)24/h5-6,9,12,16,20H,2-4,7-8,10-11H2,1H3/t12-,16+/m1/s1. The molecule has 0 saturated carbocycles. The monoisotopic (exact) mass is 357 g/mol. The third-order valence-electron chi connectivity index (χ3n) is 5.40. The molecule has 0 spiro atoms. The number of hydrogen-bond donors (Lipinski definition) is 1. The van der Waals surface area contributed by atoms with E-state index < -0.39 is 0 Å². The summed E-state index contributed by atoms with van der Waals surface area (Å²) < 4.78 is 6.11. The van der Waals surface area contributed by atoms with E-state index >= 15 is 0 Å². The summed E-state index contributed by atoms with van der Waals surface area (Å²) >= 11 is 0. The van der Waals surface area contributed by atoms with Crippen LogP contribution in [0.2, 0.25) is 0 Å². The van der Waals surface area contributed by atoms with Gasteiger partial charge in [0.2, 0.25) is 11.8 Å². The number of rotatable bonds is 3. The van der Waals surface area contributed by atoms with Crippen LogP contribution in [-0.2, 0) is 16.1 Å². The van der Waals surface area contributed by atoms with Crippen LogP contribution < -0.4 is 10.1 Å². The fourth-order valence-corrected chi connectivity index (χ4v) is 3.82. The number of hydrogen-bond acceptors (Lipinski definition) is 5. The van der Waals surface area contributed by atoms with Crippen molar-refractivity contribution in [3.8, 4) is 5.75 Å². The lowest BCUT2D eigenvalue weighted by molar-refractivity contribution is -0.163. The molecule has 0 aromatic heterocycles. The molecule has 138 valence electrons. The molecule has 7 nitrogen and oxygen atoms in total. The minimum atomic E-state index is -0.305. The summed E-state index contributed by atoms with van der Waals surface area (Å²) in [4.78, 5) is 36.9. The largest absolute Gasteiger partial charge is 0.489 e. The zero-order valence-electron chi connectivity index (χ0n) is 14.9. The Kier molecular flexibility index (Phi) is 4.40. The average molecular weight is 357 g/mol. The second-order valence-corrected chi connectivity index (χ2v) is 7.26. The van der Waals surface area contributed by atoms with Crippen LogP contribution in [0.3, 0.4) is 0 Å². The maximum Gasteiger partial charge on any atom is 0.273 e. The molecule has 1 N–H and O–H groups in total. The van der Waals surface area contributed by atoms with Crippen molar-refractivity contribution in [1.82, 2.24) is 15.3 Å². The Bertz CT molecular complexity index is 747. The van der Waals surface area contributed by atoms with Crippen LogP contribution in [0.5, 0.6) is 5.75 Å². The van der Waals surface area contributed by atoms with Crippen molar-refractivity contribution >= 4 is 17.7 Å². The predicted molar refractivity (Wildman–Crippen MR) is 93.1 cm³/mol.